The fraction of sp³-hybridized carbons (Fsp3) is 0.412. The lowest BCUT2D eigenvalue weighted by Gasteiger charge is -2.20. The Balaban J connectivity index is 1.65. The van der Waals surface area contributed by atoms with Crippen LogP contribution in [-0.4, -0.2) is 13.1 Å². The fourth-order valence-corrected chi connectivity index (χ4v) is 3.07. The number of thiophene rings is 1. The van der Waals surface area contributed by atoms with Crippen LogP contribution in [0.4, 0.5) is 5.69 Å². The van der Waals surface area contributed by atoms with Crippen LogP contribution in [0.2, 0.25) is 0 Å². The van der Waals surface area contributed by atoms with Crippen molar-refractivity contribution in [3.8, 4) is 0 Å². The molecule has 1 aliphatic rings. The molecule has 0 atom stereocenters. The minimum absolute atomic E-state index is 0.773. The predicted molar refractivity (Wildman–Crippen MR) is 87.5 cm³/mol. The zero-order valence-corrected chi connectivity index (χ0v) is 13.0. The summed E-state index contributed by atoms with van der Waals surface area (Å²) in [5.74, 6) is 0. The molecule has 106 valence electrons. The Kier molecular flexibility index (Phi) is 4.08. The Morgan fingerprint density at radius 3 is 2.80 bits per heavy atom. The van der Waals surface area contributed by atoms with Gasteiger partial charge >= 0.3 is 0 Å². The first-order valence-electron chi connectivity index (χ1n) is 7.27. The van der Waals surface area contributed by atoms with E-state index < -0.39 is 0 Å². The summed E-state index contributed by atoms with van der Waals surface area (Å²) in [6.07, 6.45) is 2.70. The summed E-state index contributed by atoms with van der Waals surface area (Å²) in [6.45, 7) is 4.19. The molecule has 0 saturated heterocycles. The molecule has 0 radical (unpaired) electrons. The van der Waals surface area contributed by atoms with Gasteiger partial charge in [-0.25, -0.2) is 0 Å². The van der Waals surface area contributed by atoms with E-state index in [0.717, 1.165) is 19.1 Å². The summed E-state index contributed by atoms with van der Waals surface area (Å²) in [5.41, 5.74) is 5.48. The van der Waals surface area contributed by atoms with Gasteiger partial charge in [-0.2, -0.15) is 11.3 Å². The van der Waals surface area contributed by atoms with E-state index in [4.69, 9.17) is 0 Å². The van der Waals surface area contributed by atoms with Gasteiger partial charge in [0.25, 0.3) is 0 Å². The summed E-state index contributed by atoms with van der Waals surface area (Å²) >= 11 is 1.76. The van der Waals surface area contributed by atoms with Crippen LogP contribution in [0.15, 0.2) is 35.0 Å². The maximum absolute atomic E-state index is 3.59. The molecular formula is C17H22N2S. The van der Waals surface area contributed by atoms with Crippen LogP contribution in [0.25, 0.3) is 0 Å². The van der Waals surface area contributed by atoms with E-state index in [-0.39, 0.29) is 0 Å². The molecule has 1 aliphatic carbocycles. The molecule has 0 aliphatic heterocycles. The molecule has 0 unspecified atom stereocenters. The minimum Gasteiger partial charge on any atom is -0.370 e. The highest BCUT2D eigenvalue weighted by atomic mass is 32.1. The van der Waals surface area contributed by atoms with Crippen molar-refractivity contribution in [1.29, 1.82) is 0 Å². The maximum Gasteiger partial charge on any atom is 0.0434 e. The SMILES string of the molecule is Cc1cc(N(C)Cc2ccsc2)ccc1CNC1CC1. The van der Waals surface area contributed by atoms with Crippen molar-refractivity contribution in [1.82, 2.24) is 5.32 Å². The molecular weight excluding hydrogens is 264 g/mol. The predicted octanol–water partition coefficient (Wildman–Crippen LogP) is 3.94. The third kappa shape index (κ3) is 3.41. The van der Waals surface area contributed by atoms with Crippen molar-refractivity contribution in [2.24, 2.45) is 0 Å². The number of benzene rings is 1. The van der Waals surface area contributed by atoms with Gasteiger partial charge in [-0.05, 0) is 65.4 Å². The lowest BCUT2D eigenvalue weighted by molar-refractivity contribution is 0.685. The van der Waals surface area contributed by atoms with Gasteiger partial charge in [0.05, 0.1) is 0 Å². The third-order valence-electron chi connectivity index (χ3n) is 3.93. The van der Waals surface area contributed by atoms with Crippen LogP contribution in [0.1, 0.15) is 29.5 Å². The number of anilines is 1. The van der Waals surface area contributed by atoms with Crippen molar-refractivity contribution in [2.75, 3.05) is 11.9 Å². The van der Waals surface area contributed by atoms with Gasteiger partial charge in [0.1, 0.15) is 0 Å². The summed E-state index contributed by atoms with van der Waals surface area (Å²) in [5, 5.41) is 7.95. The van der Waals surface area contributed by atoms with Crippen molar-refractivity contribution in [3.05, 3.63) is 51.7 Å². The molecule has 2 nitrogen and oxygen atoms in total. The molecule has 1 fully saturated rings. The van der Waals surface area contributed by atoms with Crippen LogP contribution < -0.4 is 10.2 Å². The highest BCUT2D eigenvalue weighted by Gasteiger charge is 2.20. The van der Waals surface area contributed by atoms with Crippen molar-refractivity contribution in [3.63, 3.8) is 0 Å². The number of nitrogens with zero attached hydrogens (tertiary/aromatic N) is 1. The van der Waals surface area contributed by atoms with Crippen LogP contribution in [-0.2, 0) is 13.1 Å². The standard InChI is InChI=1S/C17H22N2S/c1-13-9-17(19(2)11-14-7-8-20-12-14)6-3-15(13)10-18-16-4-5-16/h3,6-9,12,16,18H,4-5,10-11H2,1-2H3. The fourth-order valence-electron chi connectivity index (χ4n) is 2.41. The van der Waals surface area contributed by atoms with Gasteiger partial charge in [-0.3, -0.25) is 0 Å². The lowest BCUT2D eigenvalue weighted by atomic mass is 10.1. The Bertz CT molecular complexity index is 558. The highest BCUT2D eigenvalue weighted by molar-refractivity contribution is 7.07. The molecule has 1 aromatic carbocycles. The zero-order valence-electron chi connectivity index (χ0n) is 12.2. The number of hydrogen-bond acceptors (Lipinski definition) is 3. The van der Waals surface area contributed by atoms with Gasteiger partial charge in [-0.1, -0.05) is 6.07 Å². The molecule has 0 bridgehead atoms. The average molecular weight is 286 g/mol. The maximum atomic E-state index is 3.59. The van der Waals surface area contributed by atoms with E-state index in [1.165, 1.54) is 35.2 Å². The van der Waals surface area contributed by atoms with Gasteiger partial charge in [0.2, 0.25) is 0 Å². The normalized spacial score (nSPS) is 14.5. The van der Waals surface area contributed by atoms with E-state index in [0.29, 0.717) is 0 Å². The highest BCUT2D eigenvalue weighted by Crippen LogP contribution is 2.23. The molecule has 1 saturated carbocycles. The van der Waals surface area contributed by atoms with E-state index in [2.05, 4.69) is 59.2 Å². The van der Waals surface area contributed by atoms with Crippen molar-refractivity contribution in [2.45, 2.75) is 38.9 Å². The van der Waals surface area contributed by atoms with Gasteiger partial charge in [0, 0.05) is 31.9 Å². The monoisotopic (exact) mass is 286 g/mol. The van der Waals surface area contributed by atoms with Gasteiger partial charge < -0.3 is 10.2 Å². The lowest BCUT2D eigenvalue weighted by Crippen LogP contribution is -2.18. The first-order valence-corrected chi connectivity index (χ1v) is 8.22. The quantitative estimate of drug-likeness (QED) is 0.865. The van der Waals surface area contributed by atoms with Crippen molar-refractivity contribution >= 4 is 17.0 Å². The van der Waals surface area contributed by atoms with E-state index in [1.807, 2.05) is 0 Å². The summed E-state index contributed by atoms with van der Waals surface area (Å²) in [6, 6.07) is 9.78. The molecule has 2 aromatic rings. The van der Waals surface area contributed by atoms with Gasteiger partial charge in [0.15, 0.2) is 0 Å². The third-order valence-corrected chi connectivity index (χ3v) is 4.66. The van der Waals surface area contributed by atoms with Crippen LogP contribution >= 0.6 is 11.3 Å². The van der Waals surface area contributed by atoms with Crippen molar-refractivity contribution < 1.29 is 0 Å². The number of hydrogen-bond donors (Lipinski definition) is 1. The number of rotatable bonds is 6. The number of aryl methyl sites for hydroxylation is 1. The second-order valence-corrected chi connectivity index (χ2v) is 6.53. The van der Waals surface area contributed by atoms with E-state index >= 15 is 0 Å². The topological polar surface area (TPSA) is 15.3 Å². The Labute approximate surface area is 125 Å². The average Bonchev–Trinajstić information content (AvgIpc) is 3.13. The number of nitrogens with one attached hydrogen (secondary N) is 1. The molecule has 0 spiro atoms. The molecule has 1 heterocycles. The van der Waals surface area contributed by atoms with Crippen LogP contribution in [0, 0.1) is 6.92 Å². The minimum atomic E-state index is 0.773. The second kappa shape index (κ2) is 5.98. The molecule has 1 N–H and O–H groups in total. The van der Waals surface area contributed by atoms with E-state index in [9.17, 15) is 0 Å². The molecule has 3 heteroatoms. The van der Waals surface area contributed by atoms with Gasteiger partial charge in [-0.15, -0.1) is 0 Å². The van der Waals surface area contributed by atoms with Crippen LogP contribution in [0.5, 0.6) is 0 Å². The molecule has 3 rings (SSSR count). The Morgan fingerprint density at radius 2 is 2.15 bits per heavy atom. The largest absolute Gasteiger partial charge is 0.370 e. The first kappa shape index (κ1) is 13.7. The summed E-state index contributed by atoms with van der Waals surface area (Å²) < 4.78 is 0. The molecule has 0 amide bonds. The first-order chi connectivity index (χ1) is 9.72. The smallest absolute Gasteiger partial charge is 0.0434 e. The zero-order chi connectivity index (χ0) is 13.9. The Morgan fingerprint density at radius 1 is 1.30 bits per heavy atom. The summed E-state index contributed by atoms with van der Waals surface area (Å²) in [7, 11) is 2.16. The van der Waals surface area contributed by atoms with E-state index in [1.54, 1.807) is 11.3 Å². The molecule has 20 heavy (non-hydrogen) atoms. The second-order valence-electron chi connectivity index (χ2n) is 5.75. The van der Waals surface area contributed by atoms with Crippen LogP contribution in [0.3, 0.4) is 0 Å². The Hall–Kier alpha value is -1.32. The molecule has 1 aromatic heterocycles. The summed E-state index contributed by atoms with van der Waals surface area (Å²) in [4.78, 5) is 2.31.